The zero-order chi connectivity index (χ0) is 14.9. The fourth-order valence-corrected chi connectivity index (χ4v) is 4.71. The number of ether oxygens (including phenoxy) is 1. The van der Waals surface area contributed by atoms with E-state index in [1.165, 1.54) is 16.7 Å². The summed E-state index contributed by atoms with van der Waals surface area (Å²) in [7, 11) is 0. The summed E-state index contributed by atoms with van der Waals surface area (Å²) < 4.78 is 6.00. The molecule has 1 saturated heterocycles. The van der Waals surface area contributed by atoms with Crippen molar-refractivity contribution in [3.63, 3.8) is 0 Å². The van der Waals surface area contributed by atoms with Gasteiger partial charge in [0.05, 0.1) is 12.2 Å². The van der Waals surface area contributed by atoms with Crippen LogP contribution in [0.4, 0.5) is 0 Å². The zero-order valence-corrected chi connectivity index (χ0v) is 14.9. The van der Waals surface area contributed by atoms with E-state index < -0.39 is 0 Å². The molecule has 0 saturated carbocycles. The van der Waals surface area contributed by atoms with Crippen LogP contribution in [0, 0.1) is 11.8 Å². The zero-order valence-electron chi connectivity index (χ0n) is 13.3. The molecule has 1 fully saturated rings. The Morgan fingerprint density at radius 1 is 1.05 bits per heavy atom. The SMILES string of the molecule is CCc1ccc(C(Br)C2C(C)OC(C)C2C)cc1CC. The number of hydrogen-bond acceptors (Lipinski definition) is 1. The molecule has 0 radical (unpaired) electrons. The largest absolute Gasteiger partial charge is 0.375 e. The second-order valence-corrected chi connectivity index (χ2v) is 7.11. The molecule has 1 heterocycles. The number of aryl methyl sites for hydroxylation is 2. The van der Waals surface area contributed by atoms with E-state index in [-0.39, 0.29) is 0 Å². The minimum Gasteiger partial charge on any atom is -0.375 e. The molecule has 1 aromatic carbocycles. The van der Waals surface area contributed by atoms with Crippen LogP contribution in [0.2, 0.25) is 0 Å². The first-order chi connectivity index (χ1) is 9.49. The lowest BCUT2D eigenvalue weighted by Gasteiger charge is -2.25. The van der Waals surface area contributed by atoms with E-state index in [1.807, 2.05) is 0 Å². The lowest BCUT2D eigenvalue weighted by atomic mass is 9.83. The predicted octanol–water partition coefficient (Wildman–Crippen LogP) is 5.31. The topological polar surface area (TPSA) is 9.23 Å². The first kappa shape index (κ1) is 16.0. The Kier molecular flexibility index (Phi) is 5.30. The van der Waals surface area contributed by atoms with Crippen LogP contribution in [-0.4, -0.2) is 12.2 Å². The van der Waals surface area contributed by atoms with E-state index in [2.05, 4.69) is 68.7 Å². The number of benzene rings is 1. The fourth-order valence-electron chi connectivity index (χ4n) is 3.51. The van der Waals surface area contributed by atoms with Gasteiger partial charge in [-0.3, -0.25) is 0 Å². The average molecular weight is 339 g/mol. The molecule has 1 aliphatic heterocycles. The summed E-state index contributed by atoms with van der Waals surface area (Å²) in [4.78, 5) is 0.383. The average Bonchev–Trinajstić information content (AvgIpc) is 2.70. The van der Waals surface area contributed by atoms with Gasteiger partial charge in [-0.15, -0.1) is 0 Å². The molecular formula is C18H27BrO. The standard InChI is InChI=1S/C18H27BrO/c1-6-14-8-9-16(10-15(14)7-2)18(19)17-11(3)12(4)20-13(17)5/h8-13,17-18H,6-7H2,1-5H3. The van der Waals surface area contributed by atoms with Crippen LogP contribution in [0.5, 0.6) is 0 Å². The fraction of sp³-hybridized carbons (Fsp3) is 0.667. The van der Waals surface area contributed by atoms with E-state index in [0.29, 0.717) is 28.9 Å². The second-order valence-electron chi connectivity index (χ2n) is 6.12. The number of alkyl halides is 1. The first-order valence-corrected chi connectivity index (χ1v) is 8.82. The summed E-state index contributed by atoms with van der Waals surface area (Å²) in [6, 6.07) is 6.98. The van der Waals surface area contributed by atoms with Crippen molar-refractivity contribution in [2.24, 2.45) is 11.8 Å². The minimum atomic E-state index is 0.320. The van der Waals surface area contributed by atoms with E-state index in [4.69, 9.17) is 4.74 Å². The van der Waals surface area contributed by atoms with E-state index in [9.17, 15) is 0 Å². The summed E-state index contributed by atoms with van der Waals surface area (Å²) >= 11 is 3.95. The van der Waals surface area contributed by atoms with Gasteiger partial charge in [0.15, 0.2) is 0 Å². The van der Waals surface area contributed by atoms with Crippen molar-refractivity contribution in [3.05, 3.63) is 34.9 Å². The highest BCUT2D eigenvalue weighted by Gasteiger charge is 2.41. The Hall–Kier alpha value is -0.340. The minimum absolute atomic E-state index is 0.320. The number of halogens is 1. The molecule has 2 heteroatoms. The predicted molar refractivity (Wildman–Crippen MR) is 89.5 cm³/mol. The summed E-state index contributed by atoms with van der Waals surface area (Å²) in [5.74, 6) is 1.13. The van der Waals surface area contributed by atoms with Crippen LogP contribution in [0.15, 0.2) is 18.2 Å². The van der Waals surface area contributed by atoms with Crippen LogP contribution in [0.3, 0.4) is 0 Å². The van der Waals surface area contributed by atoms with E-state index >= 15 is 0 Å². The summed E-state index contributed by atoms with van der Waals surface area (Å²) in [5, 5.41) is 0. The maximum Gasteiger partial charge on any atom is 0.0596 e. The summed E-state index contributed by atoms with van der Waals surface area (Å²) in [6.45, 7) is 11.2. The van der Waals surface area contributed by atoms with Crippen molar-refractivity contribution in [2.45, 2.75) is 64.5 Å². The Bertz CT molecular complexity index is 457. The number of hydrogen-bond donors (Lipinski definition) is 0. The van der Waals surface area contributed by atoms with Crippen LogP contribution < -0.4 is 0 Å². The van der Waals surface area contributed by atoms with Gasteiger partial charge < -0.3 is 4.74 Å². The Labute approximate surface area is 132 Å². The highest BCUT2D eigenvalue weighted by atomic mass is 79.9. The molecular weight excluding hydrogens is 312 g/mol. The van der Waals surface area contributed by atoms with Crippen molar-refractivity contribution in [1.82, 2.24) is 0 Å². The van der Waals surface area contributed by atoms with Crippen molar-refractivity contribution in [2.75, 3.05) is 0 Å². The summed E-state index contributed by atoms with van der Waals surface area (Å²) in [6.07, 6.45) is 2.91. The lowest BCUT2D eigenvalue weighted by Crippen LogP contribution is -2.22. The van der Waals surface area contributed by atoms with Gasteiger partial charge in [0.2, 0.25) is 0 Å². The van der Waals surface area contributed by atoms with Crippen molar-refractivity contribution in [1.29, 1.82) is 0 Å². The van der Waals surface area contributed by atoms with Crippen molar-refractivity contribution >= 4 is 15.9 Å². The third-order valence-corrected chi connectivity index (χ3v) is 6.11. The van der Waals surface area contributed by atoms with Crippen LogP contribution in [-0.2, 0) is 17.6 Å². The monoisotopic (exact) mass is 338 g/mol. The van der Waals surface area contributed by atoms with Gasteiger partial charge in [0.1, 0.15) is 0 Å². The van der Waals surface area contributed by atoms with Gasteiger partial charge in [-0.25, -0.2) is 0 Å². The molecule has 112 valence electrons. The Morgan fingerprint density at radius 2 is 1.70 bits per heavy atom. The molecule has 0 bridgehead atoms. The van der Waals surface area contributed by atoms with E-state index in [1.54, 1.807) is 0 Å². The van der Waals surface area contributed by atoms with Crippen LogP contribution in [0.1, 0.15) is 56.1 Å². The van der Waals surface area contributed by atoms with E-state index in [0.717, 1.165) is 12.8 Å². The highest BCUT2D eigenvalue weighted by Crippen LogP contribution is 2.45. The quantitative estimate of drug-likeness (QED) is 0.676. The summed E-state index contributed by atoms with van der Waals surface area (Å²) in [5.41, 5.74) is 4.37. The third kappa shape index (κ3) is 2.96. The molecule has 1 aliphatic rings. The maximum atomic E-state index is 6.00. The van der Waals surface area contributed by atoms with Crippen LogP contribution >= 0.6 is 15.9 Å². The smallest absolute Gasteiger partial charge is 0.0596 e. The van der Waals surface area contributed by atoms with Gasteiger partial charge in [-0.1, -0.05) is 54.9 Å². The van der Waals surface area contributed by atoms with Crippen molar-refractivity contribution < 1.29 is 4.74 Å². The molecule has 0 N–H and O–H groups in total. The lowest BCUT2D eigenvalue weighted by molar-refractivity contribution is 0.0511. The molecule has 1 aromatic rings. The normalized spacial score (nSPS) is 31.5. The first-order valence-electron chi connectivity index (χ1n) is 7.90. The third-order valence-electron chi connectivity index (χ3n) is 4.97. The molecule has 0 amide bonds. The van der Waals surface area contributed by atoms with Gasteiger partial charge in [-0.05, 0) is 49.3 Å². The highest BCUT2D eigenvalue weighted by molar-refractivity contribution is 9.09. The van der Waals surface area contributed by atoms with Crippen LogP contribution in [0.25, 0.3) is 0 Å². The Balaban J connectivity index is 2.27. The van der Waals surface area contributed by atoms with Gasteiger partial charge in [-0.2, -0.15) is 0 Å². The molecule has 5 atom stereocenters. The van der Waals surface area contributed by atoms with Crippen molar-refractivity contribution in [3.8, 4) is 0 Å². The maximum absolute atomic E-state index is 6.00. The molecule has 5 unspecified atom stereocenters. The second kappa shape index (κ2) is 6.62. The number of rotatable bonds is 4. The molecule has 0 aliphatic carbocycles. The van der Waals surface area contributed by atoms with Gasteiger partial charge in [0.25, 0.3) is 0 Å². The molecule has 0 aromatic heterocycles. The molecule has 1 nitrogen and oxygen atoms in total. The molecule has 0 spiro atoms. The van der Waals surface area contributed by atoms with Gasteiger partial charge in [0, 0.05) is 10.7 Å². The Morgan fingerprint density at radius 3 is 2.20 bits per heavy atom. The molecule has 20 heavy (non-hydrogen) atoms. The molecule has 2 rings (SSSR count). The van der Waals surface area contributed by atoms with Gasteiger partial charge >= 0.3 is 0 Å².